The third kappa shape index (κ3) is 4.66. The van der Waals surface area contributed by atoms with E-state index >= 15 is 0 Å². The Labute approximate surface area is 171 Å². The molecule has 2 aromatic heterocycles. The minimum atomic E-state index is 0.303. The zero-order valence-corrected chi connectivity index (χ0v) is 16.4. The van der Waals surface area contributed by atoms with E-state index in [9.17, 15) is 10.0 Å². The van der Waals surface area contributed by atoms with Crippen molar-refractivity contribution in [3.63, 3.8) is 0 Å². The second kappa shape index (κ2) is 9.89. The zero-order valence-electron chi connectivity index (χ0n) is 15.6. The molecule has 0 fully saturated rings. The molecular weight excluding hydrogens is 390 g/mol. The van der Waals surface area contributed by atoms with Gasteiger partial charge in [-0.3, -0.25) is 10.1 Å². The molecular formula is C20H20N5O3S+. The Kier molecular flexibility index (Phi) is 7.04. The summed E-state index contributed by atoms with van der Waals surface area (Å²) in [5.41, 5.74) is 4.51. The van der Waals surface area contributed by atoms with Gasteiger partial charge in [0, 0.05) is 42.6 Å². The molecule has 0 saturated heterocycles. The average Bonchev–Trinajstić information content (AvgIpc) is 3.27. The number of nitrogens with two attached hydrogens (primary N) is 1. The highest BCUT2D eigenvalue weighted by Crippen LogP contribution is 2.32. The summed E-state index contributed by atoms with van der Waals surface area (Å²) in [5, 5.41) is 26.2. The first kappa shape index (κ1) is 20.6. The van der Waals surface area contributed by atoms with Crippen molar-refractivity contribution in [3.8, 4) is 22.5 Å². The predicted octanol–water partition coefficient (Wildman–Crippen LogP) is 2.17. The highest BCUT2D eigenvalue weighted by molar-refractivity contribution is 7.99. The van der Waals surface area contributed by atoms with Gasteiger partial charge in [0.15, 0.2) is 11.5 Å². The summed E-state index contributed by atoms with van der Waals surface area (Å²) < 4.78 is 0. The lowest BCUT2D eigenvalue weighted by Crippen LogP contribution is -2.73. The Morgan fingerprint density at radius 3 is 2.79 bits per heavy atom. The van der Waals surface area contributed by atoms with Crippen molar-refractivity contribution < 1.29 is 20.6 Å². The number of carbonyl (C=O) groups is 1. The number of aliphatic hydroxyl groups is 1. The van der Waals surface area contributed by atoms with Gasteiger partial charge in [-0.2, -0.15) is 5.48 Å². The maximum absolute atomic E-state index is 10.5. The summed E-state index contributed by atoms with van der Waals surface area (Å²) in [6.07, 6.45) is 4.41. The largest absolute Gasteiger partial charge is 0.400 e. The number of nitrogens with one attached hydrogen (secondary N) is 1. The zero-order chi connectivity index (χ0) is 20.6. The maximum Gasteiger partial charge on any atom is 0.209 e. The minimum Gasteiger partial charge on any atom is -0.400 e. The Balaban J connectivity index is 0.00000117. The van der Waals surface area contributed by atoms with Crippen LogP contribution in [0.15, 0.2) is 60.0 Å². The SMILES string of the molecule is CO.O=CCSc1n[nH]c(-c2cc([NH2+]O)cc(-c3cccc4cnccc34)c2)n1. The number of aliphatic hydroxyl groups excluding tert-OH is 1. The Morgan fingerprint density at radius 1 is 1.17 bits per heavy atom. The van der Waals surface area contributed by atoms with Crippen LogP contribution in [-0.2, 0) is 4.79 Å². The number of carbonyl (C=O) groups excluding carboxylic acids is 1. The molecule has 0 spiro atoms. The molecule has 0 bridgehead atoms. The summed E-state index contributed by atoms with van der Waals surface area (Å²) >= 11 is 1.26. The Hall–Kier alpha value is -3.11. The van der Waals surface area contributed by atoms with E-state index in [0.717, 1.165) is 46.3 Å². The molecule has 0 aliphatic carbocycles. The summed E-state index contributed by atoms with van der Waals surface area (Å²) in [5.74, 6) is 0.882. The van der Waals surface area contributed by atoms with Gasteiger partial charge < -0.3 is 9.90 Å². The van der Waals surface area contributed by atoms with Crippen LogP contribution in [0.1, 0.15) is 0 Å². The third-order valence-corrected chi connectivity index (χ3v) is 4.86. The van der Waals surface area contributed by atoms with Gasteiger partial charge in [-0.15, -0.1) is 5.10 Å². The van der Waals surface area contributed by atoms with Crippen molar-refractivity contribution in [2.75, 3.05) is 12.9 Å². The third-order valence-electron chi connectivity index (χ3n) is 4.11. The first-order chi connectivity index (χ1) is 14.3. The number of aldehydes is 1. The lowest BCUT2D eigenvalue weighted by atomic mass is 9.97. The molecule has 0 saturated carbocycles. The van der Waals surface area contributed by atoms with Crippen LogP contribution < -0.4 is 5.48 Å². The maximum atomic E-state index is 10.5. The lowest BCUT2D eigenvalue weighted by Gasteiger charge is -2.09. The quantitative estimate of drug-likeness (QED) is 0.166. The molecule has 4 aromatic rings. The molecule has 0 unspecified atom stereocenters. The predicted molar refractivity (Wildman–Crippen MR) is 111 cm³/mol. The van der Waals surface area contributed by atoms with E-state index in [1.807, 2.05) is 48.7 Å². The van der Waals surface area contributed by atoms with Crippen LogP contribution in [0.25, 0.3) is 33.3 Å². The van der Waals surface area contributed by atoms with E-state index in [1.165, 1.54) is 11.8 Å². The fourth-order valence-electron chi connectivity index (χ4n) is 2.94. The van der Waals surface area contributed by atoms with Gasteiger partial charge in [-0.1, -0.05) is 30.0 Å². The fraction of sp³-hybridized carbons (Fsp3) is 0.100. The van der Waals surface area contributed by atoms with E-state index in [4.69, 9.17) is 5.11 Å². The van der Waals surface area contributed by atoms with Gasteiger partial charge >= 0.3 is 0 Å². The van der Waals surface area contributed by atoms with E-state index in [2.05, 4.69) is 20.2 Å². The van der Waals surface area contributed by atoms with Crippen LogP contribution in [0.2, 0.25) is 0 Å². The van der Waals surface area contributed by atoms with Crippen molar-refractivity contribution >= 4 is 34.5 Å². The number of pyridine rings is 1. The number of nitrogens with zero attached hydrogens (tertiary/aromatic N) is 3. The molecule has 148 valence electrons. The van der Waals surface area contributed by atoms with Crippen molar-refractivity contribution in [1.82, 2.24) is 20.2 Å². The molecule has 0 atom stereocenters. The first-order valence-electron chi connectivity index (χ1n) is 8.68. The van der Waals surface area contributed by atoms with Crippen molar-refractivity contribution in [1.29, 1.82) is 0 Å². The molecule has 0 radical (unpaired) electrons. The summed E-state index contributed by atoms with van der Waals surface area (Å²) in [7, 11) is 1.00. The molecule has 29 heavy (non-hydrogen) atoms. The highest BCUT2D eigenvalue weighted by atomic mass is 32.2. The monoisotopic (exact) mass is 410 g/mol. The summed E-state index contributed by atoms with van der Waals surface area (Å²) in [4.78, 5) is 19.1. The second-order valence-corrected chi connectivity index (χ2v) is 6.81. The molecule has 2 aromatic carbocycles. The number of hydrogen-bond acceptors (Lipinski definition) is 7. The van der Waals surface area contributed by atoms with Gasteiger partial charge in [0.2, 0.25) is 5.16 Å². The number of benzene rings is 2. The molecule has 2 heterocycles. The highest BCUT2D eigenvalue weighted by Gasteiger charge is 2.13. The van der Waals surface area contributed by atoms with Gasteiger partial charge in [-0.25, -0.2) is 10.2 Å². The van der Waals surface area contributed by atoms with E-state index in [1.54, 1.807) is 6.20 Å². The number of thioether (sulfide) groups is 1. The van der Waals surface area contributed by atoms with Gasteiger partial charge in [0.25, 0.3) is 0 Å². The van der Waals surface area contributed by atoms with E-state index < -0.39 is 0 Å². The van der Waals surface area contributed by atoms with Gasteiger partial charge in [0.1, 0.15) is 6.29 Å². The summed E-state index contributed by atoms with van der Waals surface area (Å²) in [6, 6.07) is 13.7. The summed E-state index contributed by atoms with van der Waals surface area (Å²) in [6.45, 7) is 0. The van der Waals surface area contributed by atoms with Crippen molar-refractivity contribution in [2.24, 2.45) is 0 Å². The normalized spacial score (nSPS) is 10.4. The van der Waals surface area contributed by atoms with Crippen molar-refractivity contribution in [3.05, 3.63) is 54.9 Å². The topological polar surface area (TPSA) is 129 Å². The van der Waals surface area contributed by atoms with Gasteiger partial charge in [0.05, 0.1) is 5.75 Å². The minimum absolute atomic E-state index is 0.303. The van der Waals surface area contributed by atoms with E-state index in [0.29, 0.717) is 22.4 Å². The number of hydrogen-bond donors (Lipinski definition) is 4. The fourth-order valence-corrected chi connectivity index (χ4v) is 3.42. The smallest absolute Gasteiger partial charge is 0.209 e. The van der Waals surface area contributed by atoms with Crippen molar-refractivity contribution in [2.45, 2.75) is 5.16 Å². The Morgan fingerprint density at radius 2 is 2.00 bits per heavy atom. The van der Waals surface area contributed by atoms with Gasteiger partial charge in [-0.05, 0) is 28.6 Å². The van der Waals surface area contributed by atoms with Crippen LogP contribution in [0.5, 0.6) is 0 Å². The van der Waals surface area contributed by atoms with Crippen LogP contribution in [0.4, 0.5) is 5.69 Å². The molecule has 0 aliphatic rings. The molecule has 8 nitrogen and oxygen atoms in total. The number of quaternary nitrogens is 1. The van der Waals surface area contributed by atoms with E-state index in [-0.39, 0.29) is 0 Å². The average molecular weight is 410 g/mol. The number of aromatic nitrogens is 4. The number of aromatic amines is 1. The van der Waals surface area contributed by atoms with Crippen LogP contribution >= 0.6 is 11.8 Å². The number of fused-ring (bicyclic) bond motifs is 1. The van der Waals surface area contributed by atoms with Crippen LogP contribution in [0, 0.1) is 0 Å². The van der Waals surface area contributed by atoms with Crippen LogP contribution in [-0.4, -0.2) is 49.6 Å². The first-order valence-corrected chi connectivity index (χ1v) is 9.66. The second-order valence-electron chi connectivity index (χ2n) is 5.82. The number of H-pyrrole nitrogens is 1. The molecule has 4 rings (SSSR count). The standard InChI is InChI=1S/C19H15N5O2S.CH4O/c25-6-7-27-19-21-18(22-23-19)14-8-13(9-15(10-14)24-26)16-3-1-2-12-11-20-5-4-17(12)16;1-2/h1-6,8-11,24,26H,7H2,(H,21,22,23);2H,1H3/p+1. The Bertz CT molecular complexity index is 1110. The molecule has 9 heteroatoms. The molecule has 5 N–H and O–H groups in total. The number of rotatable bonds is 6. The molecule has 0 amide bonds. The lowest BCUT2D eigenvalue weighted by molar-refractivity contribution is -0.825. The molecule has 0 aliphatic heterocycles. The van der Waals surface area contributed by atoms with Crippen LogP contribution in [0.3, 0.4) is 0 Å².